The summed E-state index contributed by atoms with van der Waals surface area (Å²) in [6.45, 7) is 9.05. The molecular formula is C14H32N2. The highest BCUT2D eigenvalue weighted by molar-refractivity contribution is 4.67. The molecule has 0 fully saturated rings. The molecule has 0 aliphatic carbocycles. The zero-order valence-corrected chi connectivity index (χ0v) is 11.8. The number of nitrogens with two attached hydrogens (primary N) is 1. The molecule has 0 aliphatic rings. The van der Waals surface area contributed by atoms with Gasteiger partial charge in [-0.15, -0.1) is 0 Å². The Hall–Kier alpha value is -0.0800. The van der Waals surface area contributed by atoms with Crippen LogP contribution in [0.4, 0.5) is 0 Å². The van der Waals surface area contributed by atoms with E-state index in [9.17, 15) is 0 Å². The van der Waals surface area contributed by atoms with E-state index < -0.39 is 0 Å². The summed E-state index contributed by atoms with van der Waals surface area (Å²) in [5.41, 5.74) is 6.03. The molecule has 1 atom stereocenters. The quantitative estimate of drug-likeness (QED) is 0.582. The van der Waals surface area contributed by atoms with E-state index in [0.717, 1.165) is 13.0 Å². The molecule has 0 saturated heterocycles. The van der Waals surface area contributed by atoms with E-state index in [-0.39, 0.29) is 0 Å². The van der Waals surface area contributed by atoms with E-state index in [1.807, 2.05) is 0 Å². The third kappa shape index (κ3) is 9.17. The lowest BCUT2D eigenvalue weighted by Gasteiger charge is -2.21. The Kier molecular flexibility index (Phi) is 10.0. The molecule has 0 saturated carbocycles. The highest BCUT2D eigenvalue weighted by Gasteiger charge is 2.08. The van der Waals surface area contributed by atoms with Crippen LogP contribution in [0.3, 0.4) is 0 Å². The maximum atomic E-state index is 6.03. The minimum absolute atomic E-state index is 0.363. The summed E-state index contributed by atoms with van der Waals surface area (Å²) >= 11 is 0. The van der Waals surface area contributed by atoms with Crippen molar-refractivity contribution in [3.63, 3.8) is 0 Å². The van der Waals surface area contributed by atoms with E-state index >= 15 is 0 Å². The minimum Gasteiger partial charge on any atom is -0.327 e. The maximum absolute atomic E-state index is 6.03. The standard InChI is InChI=1S/C14H32N2/c1-5-6-7-8-9-11-16(4)12-10-14(15)13(2)3/h13-14H,5-12,15H2,1-4H3. The zero-order valence-electron chi connectivity index (χ0n) is 11.8. The second kappa shape index (κ2) is 10.1. The molecule has 0 rings (SSSR count). The van der Waals surface area contributed by atoms with Crippen LogP contribution in [-0.4, -0.2) is 31.1 Å². The van der Waals surface area contributed by atoms with Gasteiger partial charge in [-0.1, -0.05) is 46.5 Å². The monoisotopic (exact) mass is 228 g/mol. The summed E-state index contributed by atoms with van der Waals surface area (Å²) in [6.07, 6.45) is 7.97. The van der Waals surface area contributed by atoms with E-state index in [2.05, 4.69) is 32.7 Å². The van der Waals surface area contributed by atoms with Crippen LogP contribution in [0.1, 0.15) is 59.3 Å². The van der Waals surface area contributed by atoms with Gasteiger partial charge in [-0.25, -0.2) is 0 Å². The Labute approximate surface area is 103 Å². The highest BCUT2D eigenvalue weighted by Crippen LogP contribution is 2.06. The number of hydrogen-bond acceptors (Lipinski definition) is 2. The van der Waals surface area contributed by atoms with Crippen molar-refractivity contribution in [1.82, 2.24) is 4.90 Å². The van der Waals surface area contributed by atoms with Gasteiger partial charge in [0.25, 0.3) is 0 Å². The Balaban J connectivity index is 3.34. The maximum Gasteiger partial charge on any atom is 0.00740 e. The van der Waals surface area contributed by atoms with Gasteiger partial charge in [-0.3, -0.25) is 0 Å². The van der Waals surface area contributed by atoms with Gasteiger partial charge < -0.3 is 10.6 Å². The van der Waals surface area contributed by atoms with Crippen LogP contribution >= 0.6 is 0 Å². The summed E-state index contributed by atoms with van der Waals surface area (Å²) < 4.78 is 0. The largest absolute Gasteiger partial charge is 0.327 e. The Morgan fingerprint density at radius 1 is 1.00 bits per heavy atom. The molecule has 2 heteroatoms. The normalized spacial score (nSPS) is 13.7. The molecule has 0 spiro atoms. The molecule has 2 N–H and O–H groups in total. The molecule has 1 unspecified atom stereocenters. The molecule has 0 aliphatic heterocycles. The van der Waals surface area contributed by atoms with Crippen molar-refractivity contribution < 1.29 is 0 Å². The Bertz CT molecular complexity index is 146. The molecule has 0 aromatic heterocycles. The fraction of sp³-hybridized carbons (Fsp3) is 1.00. The summed E-state index contributed by atoms with van der Waals surface area (Å²) in [5, 5.41) is 0. The third-order valence-electron chi connectivity index (χ3n) is 3.34. The molecule has 0 heterocycles. The van der Waals surface area contributed by atoms with Crippen LogP contribution in [-0.2, 0) is 0 Å². The average molecular weight is 228 g/mol. The van der Waals surface area contributed by atoms with Gasteiger partial charge in [0.15, 0.2) is 0 Å². The van der Waals surface area contributed by atoms with Gasteiger partial charge in [0.2, 0.25) is 0 Å². The van der Waals surface area contributed by atoms with Gasteiger partial charge in [0.1, 0.15) is 0 Å². The number of rotatable bonds is 10. The zero-order chi connectivity index (χ0) is 12.4. The highest BCUT2D eigenvalue weighted by atomic mass is 15.1. The average Bonchev–Trinajstić information content (AvgIpc) is 2.25. The fourth-order valence-electron chi connectivity index (χ4n) is 1.80. The lowest BCUT2D eigenvalue weighted by Crippen LogP contribution is -2.32. The van der Waals surface area contributed by atoms with Crippen LogP contribution in [0.25, 0.3) is 0 Å². The Morgan fingerprint density at radius 3 is 2.19 bits per heavy atom. The predicted octanol–water partition coefficient (Wildman–Crippen LogP) is 3.26. The van der Waals surface area contributed by atoms with Crippen molar-refractivity contribution in [1.29, 1.82) is 0 Å². The minimum atomic E-state index is 0.363. The van der Waals surface area contributed by atoms with E-state index in [4.69, 9.17) is 5.73 Å². The number of nitrogens with zero attached hydrogens (tertiary/aromatic N) is 1. The first-order valence-electron chi connectivity index (χ1n) is 7.02. The second-order valence-corrected chi connectivity index (χ2v) is 5.41. The van der Waals surface area contributed by atoms with Crippen molar-refractivity contribution in [2.45, 2.75) is 65.3 Å². The van der Waals surface area contributed by atoms with Crippen LogP contribution in [0, 0.1) is 5.92 Å². The molecular weight excluding hydrogens is 196 g/mol. The molecule has 0 bridgehead atoms. The first-order valence-corrected chi connectivity index (χ1v) is 7.02. The number of hydrogen-bond donors (Lipinski definition) is 1. The first kappa shape index (κ1) is 15.9. The SMILES string of the molecule is CCCCCCCN(C)CCC(N)C(C)C. The molecule has 98 valence electrons. The van der Waals surface area contributed by atoms with Crippen LogP contribution < -0.4 is 5.73 Å². The second-order valence-electron chi connectivity index (χ2n) is 5.41. The molecule has 2 nitrogen and oxygen atoms in total. The van der Waals surface area contributed by atoms with Crippen LogP contribution in [0.5, 0.6) is 0 Å². The van der Waals surface area contributed by atoms with Gasteiger partial charge in [0, 0.05) is 6.04 Å². The smallest absolute Gasteiger partial charge is 0.00740 e. The molecule has 0 radical (unpaired) electrons. The van der Waals surface area contributed by atoms with Crippen molar-refractivity contribution in [2.24, 2.45) is 11.7 Å². The van der Waals surface area contributed by atoms with Gasteiger partial charge >= 0.3 is 0 Å². The summed E-state index contributed by atoms with van der Waals surface area (Å²) in [6, 6.07) is 0.363. The molecule has 0 aromatic rings. The first-order chi connectivity index (χ1) is 7.57. The van der Waals surface area contributed by atoms with Crippen LogP contribution in [0.2, 0.25) is 0 Å². The Morgan fingerprint density at radius 2 is 1.62 bits per heavy atom. The summed E-state index contributed by atoms with van der Waals surface area (Å²) in [4.78, 5) is 2.42. The molecule has 0 aromatic carbocycles. The summed E-state index contributed by atoms with van der Waals surface area (Å²) in [7, 11) is 2.22. The van der Waals surface area contributed by atoms with E-state index in [0.29, 0.717) is 12.0 Å². The molecule has 0 amide bonds. The van der Waals surface area contributed by atoms with Crippen molar-refractivity contribution in [2.75, 3.05) is 20.1 Å². The predicted molar refractivity (Wildman–Crippen MR) is 73.7 cm³/mol. The lowest BCUT2D eigenvalue weighted by atomic mass is 10.0. The summed E-state index contributed by atoms with van der Waals surface area (Å²) in [5.74, 6) is 0.609. The van der Waals surface area contributed by atoms with Crippen molar-refractivity contribution >= 4 is 0 Å². The van der Waals surface area contributed by atoms with Gasteiger partial charge in [0.05, 0.1) is 0 Å². The molecule has 16 heavy (non-hydrogen) atoms. The lowest BCUT2D eigenvalue weighted by molar-refractivity contribution is 0.296. The van der Waals surface area contributed by atoms with E-state index in [1.165, 1.54) is 38.6 Å². The fourth-order valence-corrected chi connectivity index (χ4v) is 1.80. The van der Waals surface area contributed by atoms with E-state index in [1.54, 1.807) is 0 Å². The van der Waals surface area contributed by atoms with Gasteiger partial charge in [-0.2, -0.15) is 0 Å². The van der Waals surface area contributed by atoms with Crippen molar-refractivity contribution in [3.8, 4) is 0 Å². The van der Waals surface area contributed by atoms with Gasteiger partial charge in [-0.05, 0) is 38.9 Å². The van der Waals surface area contributed by atoms with Crippen molar-refractivity contribution in [3.05, 3.63) is 0 Å². The topological polar surface area (TPSA) is 29.3 Å². The third-order valence-corrected chi connectivity index (χ3v) is 3.34. The van der Waals surface area contributed by atoms with Crippen LogP contribution in [0.15, 0.2) is 0 Å². The number of unbranched alkanes of at least 4 members (excludes halogenated alkanes) is 4.